The molecule has 0 bridgehead atoms. The fourth-order valence-corrected chi connectivity index (χ4v) is 3.52. The molecule has 1 aliphatic rings. The zero-order chi connectivity index (χ0) is 14.8. The molecule has 0 unspecified atom stereocenters. The summed E-state index contributed by atoms with van der Waals surface area (Å²) >= 11 is 1.28. The second-order valence-corrected chi connectivity index (χ2v) is 6.35. The SMILES string of the molecule is Cc1[nH]c(=O)sc1CN1CCN(c2ccccc2F)CC1. The van der Waals surface area contributed by atoms with Crippen LogP contribution in [0.1, 0.15) is 10.6 Å². The number of para-hydroxylation sites is 1. The summed E-state index contributed by atoms with van der Waals surface area (Å²) in [6.45, 7) is 6.08. The first kappa shape index (κ1) is 14.3. The minimum atomic E-state index is -0.161. The molecule has 112 valence electrons. The molecule has 6 heteroatoms. The molecule has 1 aromatic heterocycles. The Balaban J connectivity index is 1.62. The van der Waals surface area contributed by atoms with Gasteiger partial charge in [-0.05, 0) is 19.1 Å². The topological polar surface area (TPSA) is 39.3 Å². The van der Waals surface area contributed by atoms with Gasteiger partial charge in [0.1, 0.15) is 5.82 Å². The van der Waals surface area contributed by atoms with Crippen LogP contribution in [0, 0.1) is 12.7 Å². The Hall–Kier alpha value is -1.66. The Bertz CT molecular complexity index is 674. The Morgan fingerprint density at radius 1 is 1.24 bits per heavy atom. The summed E-state index contributed by atoms with van der Waals surface area (Å²) in [6, 6.07) is 6.91. The van der Waals surface area contributed by atoms with Gasteiger partial charge in [0, 0.05) is 43.3 Å². The summed E-state index contributed by atoms with van der Waals surface area (Å²) in [7, 11) is 0. The summed E-state index contributed by atoms with van der Waals surface area (Å²) in [5.41, 5.74) is 1.64. The van der Waals surface area contributed by atoms with E-state index in [1.54, 1.807) is 6.07 Å². The number of aryl methyl sites for hydroxylation is 1. The maximum atomic E-state index is 13.8. The number of nitrogens with one attached hydrogen (secondary N) is 1. The number of hydrogen-bond donors (Lipinski definition) is 1. The zero-order valence-electron chi connectivity index (χ0n) is 11.9. The number of aromatic nitrogens is 1. The Labute approximate surface area is 126 Å². The lowest BCUT2D eigenvalue weighted by molar-refractivity contribution is 0.250. The number of halogens is 1. The molecule has 2 aromatic rings. The number of benzene rings is 1. The van der Waals surface area contributed by atoms with Crippen LogP contribution in [0.2, 0.25) is 0 Å². The van der Waals surface area contributed by atoms with Crippen molar-refractivity contribution in [2.75, 3.05) is 31.1 Å². The van der Waals surface area contributed by atoms with E-state index in [9.17, 15) is 9.18 Å². The summed E-state index contributed by atoms with van der Waals surface area (Å²) in [5, 5.41) is 0. The molecule has 4 nitrogen and oxygen atoms in total. The van der Waals surface area contributed by atoms with Gasteiger partial charge in [-0.15, -0.1) is 0 Å². The van der Waals surface area contributed by atoms with Crippen molar-refractivity contribution in [3.05, 3.63) is 50.3 Å². The zero-order valence-corrected chi connectivity index (χ0v) is 12.8. The molecule has 0 radical (unpaired) electrons. The predicted octanol–water partition coefficient (Wildman–Crippen LogP) is 2.21. The first-order chi connectivity index (χ1) is 10.1. The minimum absolute atomic E-state index is 0.00694. The summed E-state index contributed by atoms with van der Waals surface area (Å²) in [4.78, 5) is 19.6. The van der Waals surface area contributed by atoms with Crippen LogP contribution in [-0.4, -0.2) is 36.1 Å². The smallest absolute Gasteiger partial charge is 0.304 e. The summed E-state index contributed by atoms with van der Waals surface area (Å²) in [6.07, 6.45) is 0. The molecule has 0 aliphatic carbocycles. The van der Waals surface area contributed by atoms with Crippen LogP contribution in [0.3, 0.4) is 0 Å². The van der Waals surface area contributed by atoms with Crippen LogP contribution in [0.25, 0.3) is 0 Å². The highest BCUT2D eigenvalue weighted by atomic mass is 32.1. The monoisotopic (exact) mass is 307 g/mol. The van der Waals surface area contributed by atoms with E-state index in [0.717, 1.165) is 43.3 Å². The van der Waals surface area contributed by atoms with E-state index in [1.165, 1.54) is 17.4 Å². The van der Waals surface area contributed by atoms with Crippen LogP contribution >= 0.6 is 11.3 Å². The Morgan fingerprint density at radius 3 is 2.57 bits per heavy atom. The first-order valence-electron chi connectivity index (χ1n) is 7.04. The molecule has 21 heavy (non-hydrogen) atoms. The van der Waals surface area contributed by atoms with E-state index in [-0.39, 0.29) is 10.7 Å². The van der Waals surface area contributed by atoms with E-state index in [2.05, 4.69) is 14.8 Å². The fraction of sp³-hybridized carbons (Fsp3) is 0.400. The van der Waals surface area contributed by atoms with Crippen LogP contribution in [-0.2, 0) is 6.54 Å². The molecule has 0 atom stereocenters. The molecule has 1 fully saturated rings. The largest absolute Gasteiger partial charge is 0.367 e. The second kappa shape index (κ2) is 5.99. The maximum Gasteiger partial charge on any atom is 0.304 e. The summed E-state index contributed by atoms with van der Waals surface area (Å²) < 4.78 is 13.8. The van der Waals surface area contributed by atoms with Crippen molar-refractivity contribution in [2.24, 2.45) is 0 Å². The van der Waals surface area contributed by atoms with Gasteiger partial charge in [-0.25, -0.2) is 4.39 Å². The fourth-order valence-electron chi connectivity index (χ4n) is 2.65. The first-order valence-corrected chi connectivity index (χ1v) is 7.85. The van der Waals surface area contributed by atoms with Crippen LogP contribution in [0.5, 0.6) is 0 Å². The quantitative estimate of drug-likeness (QED) is 0.945. The third-order valence-corrected chi connectivity index (χ3v) is 4.83. The van der Waals surface area contributed by atoms with Crippen LogP contribution in [0.4, 0.5) is 10.1 Å². The van der Waals surface area contributed by atoms with E-state index in [1.807, 2.05) is 19.1 Å². The standard InChI is InChI=1S/C15H18FN3OS/c1-11-14(21-15(20)17-11)10-18-6-8-19(9-7-18)13-5-3-2-4-12(13)16/h2-5H,6-10H2,1H3,(H,17,20). The molecule has 0 amide bonds. The van der Waals surface area contributed by atoms with Crippen molar-refractivity contribution in [2.45, 2.75) is 13.5 Å². The number of thiazole rings is 1. The van der Waals surface area contributed by atoms with Gasteiger partial charge in [-0.3, -0.25) is 9.69 Å². The molecule has 3 rings (SSSR count). The molecule has 0 saturated carbocycles. The highest BCUT2D eigenvalue weighted by Crippen LogP contribution is 2.21. The highest BCUT2D eigenvalue weighted by molar-refractivity contribution is 7.09. The number of H-pyrrole nitrogens is 1. The van der Waals surface area contributed by atoms with Gasteiger partial charge >= 0.3 is 4.87 Å². The molecular formula is C15H18FN3OS. The third-order valence-electron chi connectivity index (χ3n) is 3.86. The average molecular weight is 307 g/mol. The molecule has 1 aromatic carbocycles. The van der Waals surface area contributed by atoms with E-state index in [0.29, 0.717) is 5.69 Å². The molecule has 1 saturated heterocycles. The van der Waals surface area contributed by atoms with E-state index < -0.39 is 0 Å². The van der Waals surface area contributed by atoms with E-state index >= 15 is 0 Å². The average Bonchev–Trinajstić information content (AvgIpc) is 2.78. The molecule has 2 heterocycles. The highest BCUT2D eigenvalue weighted by Gasteiger charge is 2.20. The molecule has 1 N–H and O–H groups in total. The Kier molecular flexibility index (Phi) is 4.07. The van der Waals surface area contributed by atoms with E-state index in [4.69, 9.17) is 0 Å². The third kappa shape index (κ3) is 3.16. The van der Waals surface area contributed by atoms with Crippen molar-refractivity contribution < 1.29 is 4.39 Å². The number of aromatic amines is 1. The van der Waals surface area contributed by atoms with Crippen molar-refractivity contribution in [3.8, 4) is 0 Å². The molecular weight excluding hydrogens is 289 g/mol. The van der Waals surface area contributed by atoms with Gasteiger partial charge in [0.25, 0.3) is 0 Å². The summed E-state index contributed by atoms with van der Waals surface area (Å²) in [5.74, 6) is -0.161. The number of nitrogens with zero attached hydrogens (tertiary/aromatic N) is 2. The second-order valence-electron chi connectivity index (χ2n) is 5.28. The van der Waals surface area contributed by atoms with Gasteiger partial charge in [-0.1, -0.05) is 23.5 Å². The van der Waals surface area contributed by atoms with Gasteiger partial charge in [0.05, 0.1) is 5.69 Å². The number of piperazine rings is 1. The van der Waals surface area contributed by atoms with Crippen LogP contribution < -0.4 is 9.77 Å². The number of hydrogen-bond acceptors (Lipinski definition) is 4. The minimum Gasteiger partial charge on any atom is -0.367 e. The van der Waals surface area contributed by atoms with Gasteiger partial charge < -0.3 is 9.88 Å². The number of anilines is 1. The van der Waals surface area contributed by atoms with Gasteiger partial charge in [0.2, 0.25) is 0 Å². The van der Waals surface area contributed by atoms with Crippen molar-refractivity contribution in [1.82, 2.24) is 9.88 Å². The van der Waals surface area contributed by atoms with Crippen molar-refractivity contribution >= 4 is 17.0 Å². The normalized spacial score (nSPS) is 16.4. The lowest BCUT2D eigenvalue weighted by Crippen LogP contribution is -2.46. The Morgan fingerprint density at radius 2 is 1.95 bits per heavy atom. The maximum absolute atomic E-state index is 13.8. The van der Waals surface area contributed by atoms with Gasteiger partial charge in [0.15, 0.2) is 0 Å². The lowest BCUT2D eigenvalue weighted by Gasteiger charge is -2.36. The lowest BCUT2D eigenvalue weighted by atomic mass is 10.2. The van der Waals surface area contributed by atoms with Crippen LogP contribution in [0.15, 0.2) is 29.1 Å². The molecule has 1 aliphatic heterocycles. The van der Waals surface area contributed by atoms with Crippen molar-refractivity contribution in [3.63, 3.8) is 0 Å². The molecule has 0 spiro atoms. The van der Waals surface area contributed by atoms with Gasteiger partial charge in [-0.2, -0.15) is 0 Å². The predicted molar refractivity (Wildman–Crippen MR) is 83.6 cm³/mol. The number of rotatable bonds is 3. The van der Waals surface area contributed by atoms with Crippen molar-refractivity contribution in [1.29, 1.82) is 0 Å².